The molecule has 1 heterocycles. The Balaban J connectivity index is 2.07. The second-order valence-electron chi connectivity index (χ2n) is 5.47. The summed E-state index contributed by atoms with van der Waals surface area (Å²) in [7, 11) is -3.57. The Kier molecular flexibility index (Phi) is 5.24. The zero-order valence-corrected chi connectivity index (χ0v) is 13.4. The Morgan fingerprint density at radius 3 is 2.62 bits per heavy atom. The third-order valence-corrected chi connectivity index (χ3v) is 5.98. The van der Waals surface area contributed by atoms with Crippen LogP contribution in [0.15, 0.2) is 18.2 Å². The molecule has 1 saturated heterocycles. The van der Waals surface area contributed by atoms with Crippen molar-refractivity contribution in [3.05, 3.63) is 34.6 Å². The summed E-state index contributed by atoms with van der Waals surface area (Å²) in [6.07, 6.45) is 0.810. The van der Waals surface area contributed by atoms with Crippen molar-refractivity contribution in [1.29, 1.82) is 0 Å². The Morgan fingerprint density at radius 2 is 2.05 bits per heavy atom. The Bertz CT molecular complexity index is 598. The van der Waals surface area contributed by atoms with Gasteiger partial charge in [0.15, 0.2) is 0 Å². The van der Waals surface area contributed by atoms with E-state index in [2.05, 4.69) is 0 Å². The molecule has 1 atom stereocenters. The van der Waals surface area contributed by atoms with Gasteiger partial charge in [0.05, 0.1) is 11.9 Å². The van der Waals surface area contributed by atoms with E-state index in [1.807, 2.05) is 0 Å². The minimum Gasteiger partial charge on any atom is -0.393 e. The average molecular weight is 336 g/mol. The van der Waals surface area contributed by atoms with E-state index in [4.69, 9.17) is 11.6 Å². The molecule has 1 N–H and O–H groups in total. The van der Waals surface area contributed by atoms with E-state index in [-0.39, 0.29) is 11.5 Å². The maximum absolute atomic E-state index is 13.7. The predicted octanol–water partition coefficient (Wildman–Crippen LogP) is 2.40. The first-order valence-corrected chi connectivity index (χ1v) is 8.88. The van der Waals surface area contributed by atoms with Gasteiger partial charge >= 0.3 is 0 Å². The molecule has 0 radical (unpaired) electrons. The predicted molar refractivity (Wildman–Crippen MR) is 80.0 cm³/mol. The van der Waals surface area contributed by atoms with Gasteiger partial charge in [-0.2, -0.15) is 0 Å². The van der Waals surface area contributed by atoms with Crippen LogP contribution < -0.4 is 0 Å². The summed E-state index contributed by atoms with van der Waals surface area (Å²) in [5.74, 6) is -0.833. The second-order valence-corrected chi connectivity index (χ2v) is 7.87. The second kappa shape index (κ2) is 6.60. The van der Waals surface area contributed by atoms with Crippen LogP contribution in [0.5, 0.6) is 0 Å². The molecule has 0 bridgehead atoms. The SMILES string of the molecule is CC(O)C1CCN(S(=O)(=O)Cc2cc(Cl)ccc2F)CC1. The van der Waals surface area contributed by atoms with Gasteiger partial charge in [-0.05, 0) is 43.9 Å². The fourth-order valence-corrected chi connectivity index (χ4v) is 4.34. The normalized spacial score (nSPS) is 19.6. The third-order valence-electron chi connectivity index (χ3n) is 3.92. The zero-order valence-electron chi connectivity index (χ0n) is 11.8. The van der Waals surface area contributed by atoms with Gasteiger partial charge < -0.3 is 5.11 Å². The number of piperidine rings is 1. The molecule has 1 aliphatic rings. The van der Waals surface area contributed by atoms with E-state index in [1.54, 1.807) is 6.92 Å². The number of rotatable bonds is 4. The van der Waals surface area contributed by atoms with Crippen LogP contribution in [0.3, 0.4) is 0 Å². The quantitative estimate of drug-likeness (QED) is 0.919. The molecule has 7 heteroatoms. The van der Waals surface area contributed by atoms with Crippen LogP contribution in [0, 0.1) is 11.7 Å². The number of hydrogen-bond donors (Lipinski definition) is 1. The lowest BCUT2D eigenvalue weighted by atomic mass is 9.93. The standard InChI is InChI=1S/C14H19ClFNO3S/c1-10(18)11-4-6-17(7-5-11)21(19,20)9-12-8-13(15)2-3-14(12)16/h2-3,8,10-11,18H,4-7,9H2,1H3. The van der Waals surface area contributed by atoms with E-state index in [0.29, 0.717) is 31.0 Å². The zero-order chi connectivity index (χ0) is 15.6. The minimum atomic E-state index is -3.57. The molecule has 2 rings (SSSR count). The first kappa shape index (κ1) is 16.7. The lowest BCUT2D eigenvalue weighted by Gasteiger charge is -2.32. The van der Waals surface area contributed by atoms with Crippen LogP contribution in [-0.2, 0) is 15.8 Å². The van der Waals surface area contributed by atoms with Crippen molar-refractivity contribution in [2.75, 3.05) is 13.1 Å². The Morgan fingerprint density at radius 1 is 1.43 bits per heavy atom. The van der Waals surface area contributed by atoms with Crippen molar-refractivity contribution < 1.29 is 17.9 Å². The minimum absolute atomic E-state index is 0.0835. The number of aliphatic hydroxyl groups is 1. The van der Waals surface area contributed by atoms with Crippen LogP contribution >= 0.6 is 11.6 Å². The van der Waals surface area contributed by atoms with Gasteiger partial charge in [-0.15, -0.1) is 0 Å². The van der Waals surface area contributed by atoms with Gasteiger partial charge in [-0.1, -0.05) is 11.6 Å². The summed E-state index contributed by atoms with van der Waals surface area (Å²) in [6, 6.07) is 3.91. The molecule has 1 unspecified atom stereocenters. The summed E-state index contributed by atoms with van der Waals surface area (Å²) >= 11 is 5.78. The van der Waals surface area contributed by atoms with E-state index >= 15 is 0 Å². The lowest BCUT2D eigenvalue weighted by molar-refractivity contribution is 0.0911. The molecular formula is C14H19ClFNO3S. The number of benzene rings is 1. The van der Waals surface area contributed by atoms with E-state index < -0.39 is 27.7 Å². The van der Waals surface area contributed by atoms with E-state index in [1.165, 1.54) is 22.5 Å². The molecule has 0 saturated carbocycles. The van der Waals surface area contributed by atoms with Crippen LogP contribution in [-0.4, -0.2) is 37.0 Å². The monoisotopic (exact) mass is 335 g/mol. The van der Waals surface area contributed by atoms with Crippen LogP contribution in [0.25, 0.3) is 0 Å². The largest absolute Gasteiger partial charge is 0.393 e. The molecule has 21 heavy (non-hydrogen) atoms. The fraction of sp³-hybridized carbons (Fsp3) is 0.571. The average Bonchev–Trinajstić information content (AvgIpc) is 2.43. The number of halogens is 2. The highest BCUT2D eigenvalue weighted by Gasteiger charge is 2.30. The van der Waals surface area contributed by atoms with Crippen molar-refractivity contribution in [1.82, 2.24) is 4.31 Å². The molecule has 0 spiro atoms. The highest BCUT2D eigenvalue weighted by Crippen LogP contribution is 2.25. The Hall–Kier alpha value is -0.690. The van der Waals surface area contributed by atoms with E-state index in [0.717, 1.165) is 0 Å². The molecular weight excluding hydrogens is 317 g/mol. The van der Waals surface area contributed by atoms with Gasteiger partial charge in [0.2, 0.25) is 10.0 Å². The first-order valence-electron chi connectivity index (χ1n) is 6.89. The van der Waals surface area contributed by atoms with Crippen molar-refractivity contribution in [3.8, 4) is 0 Å². The molecule has 1 aromatic rings. The van der Waals surface area contributed by atoms with E-state index in [9.17, 15) is 17.9 Å². The lowest BCUT2D eigenvalue weighted by Crippen LogP contribution is -2.41. The van der Waals surface area contributed by atoms with Gasteiger partial charge in [0.1, 0.15) is 5.82 Å². The van der Waals surface area contributed by atoms with Gasteiger partial charge in [-0.3, -0.25) is 0 Å². The molecule has 0 amide bonds. The topological polar surface area (TPSA) is 57.6 Å². The smallest absolute Gasteiger partial charge is 0.218 e. The number of nitrogens with zero attached hydrogens (tertiary/aromatic N) is 1. The van der Waals surface area contributed by atoms with Crippen molar-refractivity contribution in [3.63, 3.8) is 0 Å². The summed E-state index contributed by atoms with van der Waals surface area (Å²) in [5, 5.41) is 9.85. The van der Waals surface area contributed by atoms with Crippen molar-refractivity contribution in [2.24, 2.45) is 5.92 Å². The molecule has 1 aliphatic heterocycles. The molecule has 1 fully saturated rings. The first-order chi connectivity index (χ1) is 9.79. The number of hydrogen-bond acceptors (Lipinski definition) is 3. The third kappa shape index (κ3) is 4.16. The molecule has 4 nitrogen and oxygen atoms in total. The Labute approximate surface area is 129 Å². The summed E-state index contributed by atoms with van der Waals surface area (Å²) in [4.78, 5) is 0. The number of aliphatic hydroxyl groups excluding tert-OH is 1. The summed E-state index contributed by atoms with van der Waals surface area (Å²) < 4.78 is 39.7. The van der Waals surface area contributed by atoms with Crippen LogP contribution in [0.2, 0.25) is 5.02 Å². The maximum Gasteiger partial charge on any atom is 0.218 e. The maximum atomic E-state index is 13.7. The molecule has 0 aliphatic carbocycles. The van der Waals surface area contributed by atoms with Crippen molar-refractivity contribution >= 4 is 21.6 Å². The van der Waals surface area contributed by atoms with Crippen LogP contribution in [0.4, 0.5) is 4.39 Å². The molecule has 0 aromatic heterocycles. The highest BCUT2D eigenvalue weighted by atomic mass is 35.5. The fourth-order valence-electron chi connectivity index (χ4n) is 2.58. The summed E-state index contributed by atoms with van der Waals surface area (Å²) in [5.41, 5.74) is 0.0835. The van der Waals surface area contributed by atoms with Gasteiger partial charge in [-0.25, -0.2) is 17.1 Å². The molecule has 118 valence electrons. The van der Waals surface area contributed by atoms with Gasteiger partial charge in [0, 0.05) is 23.7 Å². The van der Waals surface area contributed by atoms with Crippen LogP contribution in [0.1, 0.15) is 25.3 Å². The van der Waals surface area contributed by atoms with Gasteiger partial charge in [0.25, 0.3) is 0 Å². The summed E-state index contributed by atoms with van der Waals surface area (Å²) in [6.45, 7) is 2.44. The number of sulfonamides is 1. The van der Waals surface area contributed by atoms with Crippen molar-refractivity contribution in [2.45, 2.75) is 31.6 Å². The highest BCUT2D eigenvalue weighted by molar-refractivity contribution is 7.88. The molecule has 1 aromatic carbocycles.